The van der Waals surface area contributed by atoms with Crippen LogP contribution in [0.25, 0.3) is 0 Å². The topological polar surface area (TPSA) is 57.5 Å². The lowest BCUT2D eigenvalue weighted by Gasteiger charge is -2.04. The Hall–Kier alpha value is -1.16. The molecule has 0 aliphatic heterocycles. The van der Waals surface area contributed by atoms with Gasteiger partial charge in [-0.25, -0.2) is 4.79 Å². The first-order valence-corrected chi connectivity index (χ1v) is 5.08. The van der Waals surface area contributed by atoms with Gasteiger partial charge in [-0.15, -0.1) is 0 Å². The van der Waals surface area contributed by atoms with Gasteiger partial charge in [0.25, 0.3) is 0 Å². The van der Waals surface area contributed by atoms with E-state index in [4.69, 9.17) is 10.2 Å². The van der Waals surface area contributed by atoms with Crippen LogP contribution in [0.15, 0.2) is 18.2 Å². The zero-order chi connectivity index (χ0) is 9.84. The van der Waals surface area contributed by atoms with Crippen molar-refractivity contribution in [3.8, 4) is 5.75 Å². The zero-order valence-corrected chi connectivity index (χ0v) is 7.97. The standard InChI is InChI=1S/C9H10O3S/c1-13-5-6-2-3-7(10)4-8(6)9(11)12/h2-4,10H,5H2,1H3,(H,11,12). The first-order chi connectivity index (χ1) is 6.15. The summed E-state index contributed by atoms with van der Waals surface area (Å²) in [6, 6.07) is 4.40. The third-order valence-corrected chi connectivity index (χ3v) is 2.22. The van der Waals surface area contributed by atoms with E-state index in [9.17, 15) is 4.79 Å². The summed E-state index contributed by atoms with van der Waals surface area (Å²) in [5.41, 5.74) is 0.909. The summed E-state index contributed by atoms with van der Waals surface area (Å²) in [5, 5.41) is 17.9. The van der Waals surface area contributed by atoms with Crippen LogP contribution in [0.1, 0.15) is 15.9 Å². The van der Waals surface area contributed by atoms with Crippen molar-refractivity contribution in [3.05, 3.63) is 29.3 Å². The molecule has 0 fully saturated rings. The average Bonchev–Trinajstić information content (AvgIpc) is 2.08. The number of rotatable bonds is 3. The van der Waals surface area contributed by atoms with Crippen molar-refractivity contribution in [2.24, 2.45) is 0 Å². The zero-order valence-electron chi connectivity index (χ0n) is 7.15. The SMILES string of the molecule is CSCc1ccc(O)cc1C(=O)O. The van der Waals surface area contributed by atoms with Crippen molar-refractivity contribution in [1.29, 1.82) is 0 Å². The number of thioether (sulfide) groups is 1. The van der Waals surface area contributed by atoms with E-state index in [0.29, 0.717) is 5.75 Å². The first kappa shape index (κ1) is 9.92. The van der Waals surface area contributed by atoms with Crippen LogP contribution >= 0.6 is 11.8 Å². The number of benzene rings is 1. The van der Waals surface area contributed by atoms with Gasteiger partial charge in [-0.2, -0.15) is 11.8 Å². The Morgan fingerprint density at radius 3 is 2.77 bits per heavy atom. The molecule has 1 rings (SSSR count). The molecule has 0 saturated carbocycles. The lowest BCUT2D eigenvalue weighted by molar-refractivity contribution is 0.0695. The Labute approximate surface area is 80.4 Å². The van der Waals surface area contributed by atoms with Gasteiger partial charge in [0.15, 0.2) is 0 Å². The minimum absolute atomic E-state index is 0.0118. The second-order valence-corrected chi connectivity index (χ2v) is 3.45. The molecule has 0 aliphatic rings. The number of aromatic hydroxyl groups is 1. The van der Waals surface area contributed by atoms with Crippen LogP contribution in [0.5, 0.6) is 5.75 Å². The Kier molecular flexibility index (Phi) is 3.19. The summed E-state index contributed by atoms with van der Waals surface area (Å²) in [6.45, 7) is 0. The number of hydrogen-bond donors (Lipinski definition) is 2. The first-order valence-electron chi connectivity index (χ1n) is 3.69. The van der Waals surface area contributed by atoms with E-state index in [0.717, 1.165) is 5.56 Å². The highest BCUT2D eigenvalue weighted by atomic mass is 32.2. The summed E-state index contributed by atoms with van der Waals surface area (Å²) in [6.07, 6.45) is 1.90. The normalized spacial score (nSPS) is 9.92. The van der Waals surface area contributed by atoms with Gasteiger partial charge >= 0.3 is 5.97 Å². The molecule has 0 aliphatic carbocycles. The highest BCUT2D eigenvalue weighted by Crippen LogP contribution is 2.20. The fraction of sp³-hybridized carbons (Fsp3) is 0.222. The van der Waals surface area contributed by atoms with Crippen LogP contribution in [0.3, 0.4) is 0 Å². The van der Waals surface area contributed by atoms with Crippen LogP contribution in [0.2, 0.25) is 0 Å². The van der Waals surface area contributed by atoms with Crippen molar-refractivity contribution in [2.45, 2.75) is 5.75 Å². The molecule has 2 N–H and O–H groups in total. The number of phenols is 1. The Morgan fingerprint density at radius 1 is 1.54 bits per heavy atom. The van der Waals surface area contributed by atoms with Gasteiger partial charge in [-0.1, -0.05) is 6.07 Å². The molecule has 4 heteroatoms. The van der Waals surface area contributed by atoms with Gasteiger partial charge in [-0.05, 0) is 24.0 Å². The number of aromatic carboxylic acids is 1. The average molecular weight is 198 g/mol. The molecule has 0 amide bonds. The molecule has 0 heterocycles. The van der Waals surface area contributed by atoms with Crippen molar-refractivity contribution in [3.63, 3.8) is 0 Å². The molecule has 70 valence electrons. The highest BCUT2D eigenvalue weighted by Gasteiger charge is 2.09. The Morgan fingerprint density at radius 2 is 2.23 bits per heavy atom. The molecule has 13 heavy (non-hydrogen) atoms. The maximum Gasteiger partial charge on any atom is 0.336 e. The van der Waals surface area contributed by atoms with Gasteiger partial charge in [-0.3, -0.25) is 0 Å². The van der Waals surface area contributed by atoms with Gasteiger partial charge in [0, 0.05) is 5.75 Å². The molecule has 0 aromatic heterocycles. The summed E-state index contributed by atoms with van der Waals surface area (Å²) >= 11 is 1.55. The van der Waals surface area contributed by atoms with E-state index in [1.165, 1.54) is 12.1 Å². The molecule has 0 spiro atoms. The van der Waals surface area contributed by atoms with Crippen LogP contribution in [-0.2, 0) is 5.75 Å². The number of carboxylic acid groups (broad SMARTS) is 1. The van der Waals surface area contributed by atoms with Crippen LogP contribution in [0, 0.1) is 0 Å². The fourth-order valence-electron chi connectivity index (χ4n) is 1.04. The van der Waals surface area contributed by atoms with E-state index in [-0.39, 0.29) is 11.3 Å². The van der Waals surface area contributed by atoms with Crippen LogP contribution in [0.4, 0.5) is 0 Å². The van der Waals surface area contributed by atoms with Gasteiger partial charge < -0.3 is 10.2 Å². The van der Waals surface area contributed by atoms with E-state index < -0.39 is 5.97 Å². The number of carbonyl (C=O) groups is 1. The van der Waals surface area contributed by atoms with Crippen molar-refractivity contribution >= 4 is 17.7 Å². The fourth-order valence-corrected chi connectivity index (χ4v) is 1.61. The summed E-state index contributed by atoms with van der Waals surface area (Å²) in [4.78, 5) is 10.7. The Bertz CT molecular complexity index is 323. The molecule has 0 bridgehead atoms. The largest absolute Gasteiger partial charge is 0.508 e. The molecule has 0 radical (unpaired) electrons. The van der Waals surface area contributed by atoms with Gasteiger partial charge in [0.1, 0.15) is 5.75 Å². The molecule has 0 atom stereocenters. The third-order valence-electron chi connectivity index (χ3n) is 1.62. The second-order valence-electron chi connectivity index (χ2n) is 2.58. The van der Waals surface area contributed by atoms with Crippen molar-refractivity contribution < 1.29 is 15.0 Å². The molecule has 1 aromatic rings. The minimum Gasteiger partial charge on any atom is -0.508 e. The van der Waals surface area contributed by atoms with Crippen LogP contribution < -0.4 is 0 Å². The second kappa shape index (κ2) is 4.18. The van der Waals surface area contributed by atoms with Crippen LogP contribution in [-0.4, -0.2) is 22.4 Å². The van der Waals surface area contributed by atoms with Gasteiger partial charge in [0.2, 0.25) is 0 Å². The van der Waals surface area contributed by atoms with E-state index in [2.05, 4.69) is 0 Å². The smallest absolute Gasteiger partial charge is 0.336 e. The number of phenolic OH excluding ortho intramolecular Hbond substituents is 1. The maximum absolute atomic E-state index is 10.7. The van der Waals surface area contributed by atoms with E-state index in [1.807, 2.05) is 6.26 Å². The minimum atomic E-state index is -1.00. The number of hydrogen-bond acceptors (Lipinski definition) is 3. The number of carboxylic acids is 1. The predicted molar refractivity (Wildman–Crippen MR) is 52.3 cm³/mol. The van der Waals surface area contributed by atoms with E-state index in [1.54, 1.807) is 17.8 Å². The van der Waals surface area contributed by atoms with E-state index >= 15 is 0 Å². The molecule has 0 unspecified atom stereocenters. The Balaban J connectivity index is 3.10. The summed E-state index contributed by atoms with van der Waals surface area (Å²) in [7, 11) is 0. The lowest BCUT2D eigenvalue weighted by Crippen LogP contribution is -2.00. The molecular weight excluding hydrogens is 188 g/mol. The molecule has 3 nitrogen and oxygen atoms in total. The maximum atomic E-state index is 10.7. The highest BCUT2D eigenvalue weighted by molar-refractivity contribution is 7.97. The third kappa shape index (κ3) is 2.39. The van der Waals surface area contributed by atoms with Crippen molar-refractivity contribution in [2.75, 3.05) is 6.26 Å². The molecule has 0 saturated heterocycles. The lowest BCUT2D eigenvalue weighted by atomic mass is 10.1. The predicted octanol–water partition coefficient (Wildman–Crippen LogP) is 1.95. The molecule has 1 aromatic carbocycles. The summed E-state index contributed by atoms with van der Waals surface area (Å²) in [5.74, 6) is -0.371. The van der Waals surface area contributed by atoms with Gasteiger partial charge in [0.05, 0.1) is 5.56 Å². The quantitative estimate of drug-likeness (QED) is 0.779. The summed E-state index contributed by atoms with van der Waals surface area (Å²) < 4.78 is 0. The van der Waals surface area contributed by atoms with Crippen molar-refractivity contribution in [1.82, 2.24) is 0 Å². The molecular formula is C9H10O3S. The monoisotopic (exact) mass is 198 g/mol.